The van der Waals surface area contributed by atoms with Gasteiger partial charge >= 0.3 is 0 Å². The van der Waals surface area contributed by atoms with E-state index in [0.29, 0.717) is 6.73 Å². The van der Waals surface area contributed by atoms with Crippen LogP contribution in [-0.4, -0.2) is 19.2 Å². The molecule has 0 spiro atoms. The van der Waals surface area contributed by atoms with Crippen molar-refractivity contribution < 1.29 is 4.74 Å². The Morgan fingerprint density at radius 2 is 2.12 bits per heavy atom. The molecule has 0 fully saturated rings. The Kier molecular flexibility index (Phi) is 5.02. The van der Waals surface area contributed by atoms with E-state index in [0.717, 1.165) is 16.6 Å². The van der Waals surface area contributed by atoms with Crippen LogP contribution in [0.1, 0.15) is 5.56 Å². The average Bonchev–Trinajstić information content (AvgIpc) is 2.52. The van der Waals surface area contributed by atoms with Gasteiger partial charge in [-0.3, -0.25) is 0 Å². The van der Waals surface area contributed by atoms with Crippen molar-refractivity contribution in [2.24, 2.45) is 0 Å². The molecule has 4 heteroatoms. The molecule has 1 aromatic heterocycles. The molecule has 0 aliphatic heterocycles. The van der Waals surface area contributed by atoms with Crippen molar-refractivity contribution in [2.45, 2.75) is 32.4 Å². The SMILES string of the molecule is C=Cc1cn(COCC[Si](C)(C)C)cc1Br. The van der Waals surface area contributed by atoms with Crippen LogP contribution in [0.15, 0.2) is 23.4 Å². The Balaban J connectivity index is 2.35. The summed E-state index contributed by atoms with van der Waals surface area (Å²) in [5, 5.41) is 0. The summed E-state index contributed by atoms with van der Waals surface area (Å²) in [4.78, 5) is 0. The zero-order chi connectivity index (χ0) is 12.2. The van der Waals surface area contributed by atoms with Gasteiger partial charge in [0.05, 0.1) is 0 Å². The van der Waals surface area contributed by atoms with Gasteiger partial charge in [-0.2, -0.15) is 0 Å². The van der Waals surface area contributed by atoms with Gasteiger partial charge in [-0.05, 0) is 22.0 Å². The lowest BCUT2D eigenvalue weighted by Gasteiger charge is -2.15. The van der Waals surface area contributed by atoms with E-state index >= 15 is 0 Å². The smallest absolute Gasteiger partial charge is 0.122 e. The normalized spacial score (nSPS) is 11.8. The molecule has 0 bridgehead atoms. The van der Waals surface area contributed by atoms with E-state index in [9.17, 15) is 0 Å². The Morgan fingerprint density at radius 1 is 1.44 bits per heavy atom. The summed E-state index contributed by atoms with van der Waals surface area (Å²) >= 11 is 3.48. The second-order valence-electron chi connectivity index (χ2n) is 5.13. The van der Waals surface area contributed by atoms with Crippen molar-refractivity contribution in [3.8, 4) is 0 Å². The van der Waals surface area contributed by atoms with Gasteiger partial charge in [-0.15, -0.1) is 0 Å². The van der Waals surface area contributed by atoms with Crippen LogP contribution in [0.25, 0.3) is 6.08 Å². The molecule has 0 aliphatic rings. The maximum Gasteiger partial charge on any atom is 0.122 e. The van der Waals surface area contributed by atoms with Crippen LogP contribution in [0, 0.1) is 0 Å². The highest BCUT2D eigenvalue weighted by Crippen LogP contribution is 2.18. The van der Waals surface area contributed by atoms with Crippen molar-refractivity contribution in [2.75, 3.05) is 6.61 Å². The quantitative estimate of drug-likeness (QED) is 0.567. The lowest BCUT2D eigenvalue weighted by molar-refractivity contribution is 0.0874. The highest BCUT2D eigenvalue weighted by atomic mass is 79.9. The molecule has 0 aliphatic carbocycles. The molecular formula is C12H20BrNOSi. The van der Waals surface area contributed by atoms with Gasteiger partial charge < -0.3 is 9.30 Å². The minimum atomic E-state index is -0.968. The molecule has 16 heavy (non-hydrogen) atoms. The molecule has 0 atom stereocenters. The van der Waals surface area contributed by atoms with Crippen LogP contribution in [-0.2, 0) is 11.5 Å². The van der Waals surface area contributed by atoms with E-state index in [-0.39, 0.29) is 0 Å². The van der Waals surface area contributed by atoms with Gasteiger partial charge in [0.1, 0.15) is 6.73 Å². The van der Waals surface area contributed by atoms with Gasteiger partial charge in [0.25, 0.3) is 0 Å². The van der Waals surface area contributed by atoms with E-state index in [1.54, 1.807) is 0 Å². The number of hydrogen-bond donors (Lipinski definition) is 0. The minimum absolute atomic E-state index is 0.622. The molecule has 0 saturated heterocycles. The summed E-state index contributed by atoms with van der Waals surface area (Å²) in [5.41, 5.74) is 1.11. The molecule has 2 nitrogen and oxygen atoms in total. The summed E-state index contributed by atoms with van der Waals surface area (Å²) in [6, 6.07) is 1.21. The molecule has 0 N–H and O–H groups in total. The standard InChI is InChI=1S/C12H20BrNOSi/c1-5-11-8-14(9-12(11)13)10-15-6-7-16(2,3)4/h5,8-9H,1,6-7,10H2,2-4H3. The third-order valence-corrected chi connectivity index (χ3v) is 4.68. The predicted molar refractivity (Wildman–Crippen MR) is 76.3 cm³/mol. The van der Waals surface area contributed by atoms with Crippen molar-refractivity contribution in [1.82, 2.24) is 4.57 Å². The Bertz CT molecular complexity index is 354. The van der Waals surface area contributed by atoms with E-state index in [4.69, 9.17) is 4.74 Å². The molecule has 1 rings (SSSR count). The first kappa shape index (κ1) is 13.7. The number of rotatable bonds is 6. The van der Waals surface area contributed by atoms with E-state index in [1.165, 1.54) is 6.04 Å². The topological polar surface area (TPSA) is 14.2 Å². The summed E-state index contributed by atoms with van der Waals surface area (Å²) in [7, 11) is -0.968. The first-order valence-electron chi connectivity index (χ1n) is 5.48. The molecule has 0 amide bonds. The molecule has 0 saturated carbocycles. The molecule has 1 heterocycles. The van der Waals surface area contributed by atoms with Crippen molar-refractivity contribution in [1.29, 1.82) is 0 Å². The summed E-state index contributed by atoms with van der Waals surface area (Å²) in [5.74, 6) is 0. The second kappa shape index (κ2) is 5.84. The van der Waals surface area contributed by atoms with Crippen LogP contribution in [0.2, 0.25) is 25.7 Å². The molecular weight excluding hydrogens is 282 g/mol. The average molecular weight is 302 g/mol. The highest BCUT2D eigenvalue weighted by Gasteiger charge is 2.12. The van der Waals surface area contributed by atoms with Crippen molar-refractivity contribution in [3.05, 3.63) is 29.0 Å². The summed E-state index contributed by atoms with van der Waals surface area (Å²) < 4.78 is 8.75. The summed E-state index contributed by atoms with van der Waals surface area (Å²) in [6.07, 6.45) is 5.89. The molecule has 0 radical (unpaired) electrons. The second-order valence-corrected chi connectivity index (χ2v) is 11.6. The Labute approximate surface area is 107 Å². The highest BCUT2D eigenvalue weighted by molar-refractivity contribution is 9.10. The summed E-state index contributed by atoms with van der Waals surface area (Å²) in [6.45, 7) is 12.3. The maximum atomic E-state index is 5.65. The molecule has 0 unspecified atom stereocenters. The molecule has 0 aromatic carbocycles. The van der Waals surface area contributed by atoms with E-state index in [2.05, 4.69) is 42.1 Å². The fourth-order valence-corrected chi connectivity index (χ4v) is 2.55. The van der Waals surface area contributed by atoms with E-state index < -0.39 is 8.07 Å². The van der Waals surface area contributed by atoms with Gasteiger partial charge in [0.2, 0.25) is 0 Å². The number of halogens is 1. The van der Waals surface area contributed by atoms with Gasteiger partial charge in [0, 0.05) is 37.1 Å². The molecule has 90 valence electrons. The van der Waals surface area contributed by atoms with Crippen molar-refractivity contribution >= 4 is 30.1 Å². The van der Waals surface area contributed by atoms with Gasteiger partial charge in [-0.25, -0.2) is 0 Å². The maximum absolute atomic E-state index is 5.65. The fourth-order valence-electron chi connectivity index (χ4n) is 1.27. The number of hydrogen-bond acceptors (Lipinski definition) is 1. The monoisotopic (exact) mass is 301 g/mol. The Hall–Kier alpha value is -0.323. The van der Waals surface area contributed by atoms with Gasteiger partial charge in [0.15, 0.2) is 0 Å². The predicted octanol–water partition coefficient (Wildman–Crippen LogP) is 4.21. The van der Waals surface area contributed by atoms with Crippen LogP contribution in [0.3, 0.4) is 0 Å². The van der Waals surface area contributed by atoms with Gasteiger partial charge in [-0.1, -0.05) is 32.3 Å². The van der Waals surface area contributed by atoms with Crippen molar-refractivity contribution in [3.63, 3.8) is 0 Å². The number of nitrogens with zero attached hydrogens (tertiary/aromatic N) is 1. The third kappa shape index (κ3) is 4.68. The Morgan fingerprint density at radius 3 is 2.62 bits per heavy atom. The largest absolute Gasteiger partial charge is 0.361 e. The van der Waals surface area contributed by atoms with Crippen LogP contribution >= 0.6 is 15.9 Å². The van der Waals surface area contributed by atoms with E-state index in [1.807, 2.05) is 23.0 Å². The zero-order valence-electron chi connectivity index (χ0n) is 10.3. The molecule has 1 aromatic rings. The third-order valence-electron chi connectivity index (χ3n) is 2.32. The first-order chi connectivity index (χ1) is 7.42. The van der Waals surface area contributed by atoms with Crippen LogP contribution < -0.4 is 0 Å². The lowest BCUT2D eigenvalue weighted by atomic mass is 10.3. The zero-order valence-corrected chi connectivity index (χ0v) is 12.9. The first-order valence-corrected chi connectivity index (χ1v) is 9.98. The lowest BCUT2D eigenvalue weighted by Crippen LogP contribution is -2.21. The van der Waals surface area contributed by atoms with Crippen LogP contribution in [0.4, 0.5) is 0 Å². The minimum Gasteiger partial charge on any atom is -0.361 e. The van der Waals surface area contributed by atoms with Crippen LogP contribution in [0.5, 0.6) is 0 Å². The number of ether oxygens (including phenoxy) is 1. The fraction of sp³-hybridized carbons (Fsp3) is 0.500. The number of aromatic nitrogens is 1.